The minimum Gasteiger partial charge on any atom is -0.475 e. The van der Waals surface area contributed by atoms with Gasteiger partial charge in [-0.1, -0.05) is 0 Å². The Morgan fingerprint density at radius 2 is 1.86 bits per heavy atom. The van der Waals surface area contributed by atoms with Crippen molar-refractivity contribution in [3.63, 3.8) is 0 Å². The summed E-state index contributed by atoms with van der Waals surface area (Å²) in [6.07, 6.45) is -0.973. The van der Waals surface area contributed by atoms with Crippen molar-refractivity contribution in [3.8, 4) is 0 Å². The molecule has 3 rings (SSSR count). The Kier molecular flexibility index (Phi) is 7.17. The van der Waals surface area contributed by atoms with Crippen LogP contribution in [0.15, 0.2) is 18.5 Å². The minimum absolute atomic E-state index is 0.179. The largest absolute Gasteiger partial charge is 0.490 e. The molecule has 0 aromatic carbocycles. The van der Waals surface area contributed by atoms with Crippen molar-refractivity contribution < 1.29 is 32.6 Å². The second kappa shape index (κ2) is 9.18. The van der Waals surface area contributed by atoms with Crippen LogP contribution in [0, 0.1) is 17.8 Å². The smallest absolute Gasteiger partial charge is 0.475 e. The average molecular weight is 404 g/mol. The maximum absolute atomic E-state index is 12.0. The molecule has 2 aliphatic rings. The van der Waals surface area contributed by atoms with Crippen molar-refractivity contribution in [2.45, 2.75) is 12.6 Å². The van der Waals surface area contributed by atoms with Crippen LogP contribution in [0.25, 0.3) is 0 Å². The molecule has 28 heavy (non-hydrogen) atoms. The maximum atomic E-state index is 12.0. The zero-order valence-electron chi connectivity index (χ0n) is 15.6. The van der Waals surface area contributed by atoms with E-state index in [2.05, 4.69) is 14.9 Å². The molecule has 0 radical (unpaired) electrons. The zero-order chi connectivity index (χ0) is 20.9. The number of aliphatic carboxylic acids is 1. The Morgan fingerprint density at radius 3 is 2.39 bits per heavy atom. The molecule has 8 nitrogen and oxygen atoms in total. The van der Waals surface area contributed by atoms with Crippen LogP contribution in [0.4, 0.5) is 19.1 Å². The van der Waals surface area contributed by atoms with Crippen LogP contribution < -0.4 is 4.90 Å². The third-order valence-electron chi connectivity index (χ3n) is 4.77. The topological polar surface area (TPSA) is 95.9 Å². The standard InChI is InChI=1S/C15H22N4O2.C2HF3O2/c1-18(2)14(20)6-11-9-21-10-12-7-19(8-13(11)12)15-16-4-3-5-17-15;3-2(4,5)1(6)7/h3-5,11-13H,6-10H2,1-2H3;(H,6,7)/t11-,12-,13+;/m1./s1. The summed E-state index contributed by atoms with van der Waals surface area (Å²) in [5, 5.41) is 7.12. The second-order valence-electron chi connectivity index (χ2n) is 6.97. The zero-order valence-corrected chi connectivity index (χ0v) is 15.6. The average Bonchev–Trinajstić information content (AvgIpc) is 3.07. The summed E-state index contributed by atoms with van der Waals surface area (Å²) in [7, 11) is 3.62. The number of hydrogen-bond acceptors (Lipinski definition) is 6. The number of carboxylic acid groups (broad SMARTS) is 1. The lowest BCUT2D eigenvalue weighted by atomic mass is 9.81. The summed E-state index contributed by atoms with van der Waals surface area (Å²) in [6.45, 7) is 3.30. The van der Waals surface area contributed by atoms with Gasteiger partial charge in [-0.05, 0) is 17.9 Å². The van der Waals surface area contributed by atoms with E-state index < -0.39 is 12.1 Å². The van der Waals surface area contributed by atoms with Gasteiger partial charge in [-0.25, -0.2) is 14.8 Å². The van der Waals surface area contributed by atoms with E-state index in [-0.39, 0.29) is 5.91 Å². The summed E-state index contributed by atoms with van der Waals surface area (Å²) in [6, 6.07) is 1.83. The fourth-order valence-corrected chi connectivity index (χ4v) is 3.34. The van der Waals surface area contributed by atoms with Crippen molar-refractivity contribution in [1.29, 1.82) is 0 Å². The van der Waals surface area contributed by atoms with Crippen molar-refractivity contribution in [1.82, 2.24) is 14.9 Å². The number of rotatable bonds is 3. The number of aromatic nitrogens is 2. The Hall–Kier alpha value is -2.43. The van der Waals surface area contributed by atoms with Crippen LogP contribution in [0.5, 0.6) is 0 Å². The van der Waals surface area contributed by atoms with E-state index in [0.717, 1.165) is 25.6 Å². The quantitative estimate of drug-likeness (QED) is 0.811. The van der Waals surface area contributed by atoms with Gasteiger partial charge in [0.2, 0.25) is 11.9 Å². The van der Waals surface area contributed by atoms with E-state index in [0.29, 0.717) is 30.8 Å². The molecule has 156 valence electrons. The summed E-state index contributed by atoms with van der Waals surface area (Å²) in [5.74, 6) is -0.530. The first-order valence-electron chi connectivity index (χ1n) is 8.69. The van der Waals surface area contributed by atoms with E-state index in [9.17, 15) is 18.0 Å². The van der Waals surface area contributed by atoms with E-state index in [1.165, 1.54) is 0 Å². The first-order chi connectivity index (χ1) is 13.1. The maximum Gasteiger partial charge on any atom is 0.490 e. The van der Waals surface area contributed by atoms with Gasteiger partial charge in [0.15, 0.2) is 0 Å². The second-order valence-corrected chi connectivity index (χ2v) is 6.97. The lowest BCUT2D eigenvalue weighted by Gasteiger charge is -2.32. The monoisotopic (exact) mass is 404 g/mol. The van der Waals surface area contributed by atoms with Gasteiger partial charge in [-0.15, -0.1) is 0 Å². The van der Waals surface area contributed by atoms with Crippen LogP contribution in [-0.2, 0) is 14.3 Å². The molecule has 0 spiro atoms. The molecule has 1 aromatic rings. The predicted octanol–water partition coefficient (Wildman–Crippen LogP) is 1.29. The van der Waals surface area contributed by atoms with Gasteiger partial charge in [-0.2, -0.15) is 13.2 Å². The number of anilines is 1. The summed E-state index contributed by atoms with van der Waals surface area (Å²) < 4.78 is 37.5. The molecule has 1 amide bonds. The van der Waals surface area contributed by atoms with Gasteiger partial charge < -0.3 is 19.6 Å². The number of carbonyl (C=O) groups is 2. The lowest BCUT2D eigenvalue weighted by molar-refractivity contribution is -0.192. The predicted molar refractivity (Wildman–Crippen MR) is 92.5 cm³/mol. The molecule has 1 N–H and O–H groups in total. The minimum atomic E-state index is -5.08. The fourth-order valence-electron chi connectivity index (χ4n) is 3.34. The van der Waals surface area contributed by atoms with E-state index >= 15 is 0 Å². The van der Waals surface area contributed by atoms with E-state index in [4.69, 9.17) is 14.6 Å². The molecule has 0 saturated carbocycles. The highest BCUT2D eigenvalue weighted by Crippen LogP contribution is 2.36. The van der Waals surface area contributed by atoms with Crippen LogP contribution >= 0.6 is 0 Å². The number of amides is 1. The van der Waals surface area contributed by atoms with Gasteiger partial charge in [0.25, 0.3) is 0 Å². The summed E-state index contributed by atoms with van der Waals surface area (Å²) in [5.41, 5.74) is 0. The highest BCUT2D eigenvalue weighted by molar-refractivity contribution is 5.75. The van der Waals surface area contributed by atoms with Crippen molar-refractivity contribution >= 4 is 17.8 Å². The number of ether oxygens (including phenoxy) is 1. The Labute approximate surface area is 160 Å². The van der Waals surface area contributed by atoms with Crippen LogP contribution in [0.1, 0.15) is 6.42 Å². The molecule has 0 bridgehead atoms. The van der Waals surface area contributed by atoms with Crippen LogP contribution in [0.3, 0.4) is 0 Å². The van der Waals surface area contributed by atoms with Gasteiger partial charge in [0.05, 0.1) is 13.2 Å². The molecule has 2 saturated heterocycles. The molecule has 2 aliphatic heterocycles. The molecule has 1 aromatic heterocycles. The van der Waals surface area contributed by atoms with E-state index in [1.807, 2.05) is 20.2 Å². The first-order valence-corrected chi connectivity index (χ1v) is 8.69. The normalized spacial score (nSPS) is 24.0. The summed E-state index contributed by atoms with van der Waals surface area (Å²) in [4.78, 5) is 33.4. The summed E-state index contributed by atoms with van der Waals surface area (Å²) >= 11 is 0. The van der Waals surface area contributed by atoms with Crippen molar-refractivity contribution in [2.24, 2.45) is 17.8 Å². The number of nitrogens with zero attached hydrogens (tertiary/aromatic N) is 4. The molecule has 3 atom stereocenters. The first kappa shape index (κ1) is 21.9. The van der Waals surface area contributed by atoms with Crippen molar-refractivity contribution in [3.05, 3.63) is 18.5 Å². The molecule has 2 fully saturated rings. The highest BCUT2D eigenvalue weighted by Gasteiger charge is 2.42. The van der Waals surface area contributed by atoms with E-state index in [1.54, 1.807) is 17.3 Å². The third-order valence-corrected chi connectivity index (χ3v) is 4.77. The molecule has 0 unspecified atom stereocenters. The number of fused-ring (bicyclic) bond motifs is 1. The molecular weight excluding hydrogens is 381 g/mol. The van der Waals surface area contributed by atoms with Crippen LogP contribution in [0.2, 0.25) is 0 Å². The fraction of sp³-hybridized carbons (Fsp3) is 0.647. The van der Waals surface area contributed by atoms with Crippen LogP contribution in [-0.4, -0.2) is 78.4 Å². The SMILES string of the molecule is CN(C)C(=O)C[C@@H]1COC[C@H]2CN(c3ncccn3)C[C@@H]12.O=C(O)C(F)(F)F. The van der Waals surface area contributed by atoms with Gasteiger partial charge in [-0.3, -0.25) is 4.79 Å². The number of hydrogen-bond donors (Lipinski definition) is 1. The molecule has 11 heteroatoms. The molecule has 3 heterocycles. The third kappa shape index (κ3) is 5.78. The Bertz CT molecular complexity index is 672. The number of halogens is 3. The van der Waals surface area contributed by atoms with Gasteiger partial charge in [0.1, 0.15) is 0 Å². The van der Waals surface area contributed by atoms with Gasteiger partial charge >= 0.3 is 12.1 Å². The number of carbonyl (C=O) groups excluding carboxylic acids is 1. The highest BCUT2D eigenvalue weighted by atomic mass is 19.4. The molecule has 0 aliphatic carbocycles. The lowest BCUT2D eigenvalue weighted by Crippen LogP contribution is -2.38. The Balaban J connectivity index is 0.000000345. The number of carboxylic acids is 1. The molecular formula is C17H23F3N4O4. The number of alkyl halides is 3. The van der Waals surface area contributed by atoms with Crippen molar-refractivity contribution in [2.75, 3.05) is 45.3 Å². The van der Waals surface area contributed by atoms with Gasteiger partial charge in [0, 0.05) is 51.9 Å². The Morgan fingerprint density at radius 1 is 1.25 bits per heavy atom.